The molecule has 0 spiro atoms. The number of hydrogen-bond donors (Lipinski definition) is 2. The summed E-state index contributed by atoms with van der Waals surface area (Å²) in [5.74, 6) is 1.85. The molecule has 118 valence electrons. The van der Waals surface area contributed by atoms with Crippen molar-refractivity contribution in [1.82, 2.24) is 0 Å². The van der Waals surface area contributed by atoms with Crippen molar-refractivity contribution in [2.75, 3.05) is 13.2 Å². The maximum Gasteiger partial charge on any atom is 0.122 e. The molecule has 2 aromatic carbocycles. The SMILES string of the molecule is Oc1cccc(OCCCCCCOc2cccc(O)c2)c1. The monoisotopic (exact) mass is 302 g/mol. The van der Waals surface area contributed by atoms with Crippen LogP contribution in [-0.2, 0) is 0 Å². The Morgan fingerprint density at radius 2 is 1.09 bits per heavy atom. The molecule has 0 radical (unpaired) electrons. The molecule has 0 atom stereocenters. The standard InChI is InChI=1S/C18H22O4/c19-15-7-5-9-17(13-15)21-11-3-1-2-4-12-22-18-10-6-8-16(20)14-18/h5-10,13-14,19-20H,1-4,11-12H2. The molecule has 0 bridgehead atoms. The average molecular weight is 302 g/mol. The minimum atomic E-state index is 0.224. The van der Waals surface area contributed by atoms with Crippen LogP contribution in [0.1, 0.15) is 25.7 Å². The van der Waals surface area contributed by atoms with Crippen molar-refractivity contribution in [1.29, 1.82) is 0 Å². The van der Waals surface area contributed by atoms with Gasteiger partial charge in [-0.2, -0.15) is 0 Å². The molecular formula is C18H22O4. The maximum absolute atomic E-state index is 9.31. The van der Waals surface area contributed by atoms with Crippen LogP contribution in [0.15, 0.2) is 48.5 Å². The lowest BCUT2D eigenvalue weighted by molar-refractivity contribution is 0.286. The topological polar surface area (TPSA) is 58.9 Å². The molecule has 0 amide bonds. The summed E-state index contributed by atoms with van der Waals surface area (Å²) in [6, 6.07) is 13.7. The fourth-order valence-electron chi connectivity index (χ4n) is 2.08. The van der Waals surface area contributed by atoms with Gasteiger partial charge in [-0.15, -0.1) is 0 Å². The Labute approximate surface area is 130 Å². The van der Waals surface area contributed by atoms with Gasteiger partial charge >= 0.3 is 0 Å². The Kier molecular flexibility index (Phi) is 6.42. The number of hydrogen-bond acceptors (Lipinski definition) is 4. The summed E-state index contributed by atoms with van der Waals surface area (Å²) in [4.78, 5) is 0. The second-order valence-corrected chi connectivity index (χ2v) is 5.11. The molecule has 0 aromatic heterocycles. The van der Waals surface area contributed by atoms with Gasteiger partial charge in [0.25, 0.3) is 0 Å². The lowest BCUT2D eigenvalue weighted by Gasteiger charge is -2.07. The Hall–Kier alpha value is -2.36. The quantitative estimate of drug-likeness (QED) is 0.684. The Balaban J connectivity index is 1.49. The first-order chi connectivity index (χ1) is 10.7. The smallest absolute Gasteiger partial charge is 0.122 e. The molecule has 0 heterocycles. The number of rotatable bonds is 9. The van der Waals surface area contributed by atoms with Crippen LogP contribution in [-0.4, -0.2) is 23.4 Å². The maximum atomic E-state index is 9.31. The highest BCUT2D eigenvalue weighted by molar-refractivity contribution is 5.32. The third-order valence-corrected chi connectivity index (χ3v) is 3.21. The second kappa shape index (κ2) is 8.82. The lowest BCUT2D eigenvalue weighted by Crippen LogP contribution is -1.99. The van der Waals surface area contributed by atoms with E-state index in [-0.39, 0.29) is 11.5 Å². The van der Waals surface area contributed by atoms with Crippen LogP contribution < -0.4 is 9.47 Å². The van der Waals surface area contributed by atoms with Crippen LogP contribution in [0.4, 0.5) is 0 Å². The van der Waals surface area contributed by atoms with E-state index in [2.05, 4.69) is 0 Å². The van der Waals surface area contributed by atoms with Gasteiger partial charge in [-0.1, -0.05) is 12.1 Å². The number of phenols is 2. The normalized spacial score (nSPS) is 10.4. The first-order valence-corrected chi connectivity index (χ1v) is 7.58. The largest absolute Gasteiger partial charge is 0.508 e. The molecule has 0 unspecified atom stereocenters. The van der Waals surface area contributed by atoms with Crippen molar-refractivity contribution in [2.45, 2.75) is 25.7 Å². The Bertz CT molecular complexity index is 517. The van der Waals surface area contributed by atoms with Gasteiger partial charge in [0, 0.05) is 12.1 Å². The highest BCUT2D eigenvalue weighted by Gasteiger charge is 1.97. The molecule has 2 N–H and O–H groups in total. The molecule has 0 aliphatic carbocycles. The van der Waals surface area contributed by atoms with Gasteiger partial charge in [0.2, 0.25) is 0 Å². The molecule has 0 saturated carbocycles. The van der Waals surface area contributed by atoms with Crippen LogP contribution in [0.3, 0.4) is 0 Å². The van der Waals surface area contributed by atoms with Crippen LogP contribution >= 0.6 is 0 Å². The van der Waals surface area contributed by atoms with Gasteiger partial charge in [0.1, 0.15) is 23.0 Å². The molecule has 2 rings (SSSR count). The van der Waals surface area contributed by atoms with Crippen molar-refractivity contribution >= 4 is 0 Å². The van der Waals surface area contributed by atoms with Crippen molar-refractivity contribution in [3.63, 3.8) is 0 Å². The highest BCUT2D eigenvalue weighted by atomic mass is 16.5. The van der Waals surface area contributed by atoms with Gasteiger partial charge in [-0.05, 0) is 49.9 Å². The molecular weight excluding hydrogens is 280 g/mol. The Morgan fingerprint density at radius 3 is 1.50 bits per heavy atom. The molecule has 0 saturated heterocycles. The predicted molar refractivity (Wildman–Crippen MR) is 85.7 cm³/mol. The lowest BCUT2D eigenvalue weighted by atomic mass is 10.2. The first-order valence-electron chi connectivity index (χ1n) is 7.58. The number of ether oxygens (including phenoxy) is 2. The number of aromatic hydroxyl groups is 2. The molecule has 4 heteroatoms. The van der Waals surface area contributed by atoms with E-state index >= 15 is 0 Å². The summed E-state index contributed by atoms with van der Waals surface area (Å²) < 4.78 is 11.1. The number of benzene rings is 2. The molecule has 22 heavy (non-hydrogen) atoms. The summed E-state index contributed by atoms with van der Waals surface area (Å²) in [6.07, 6.45) is 4.09. The second-order valence-electron chi connectivity index (χ2n) is 5.11. The van der Waals surface area contributed by atoms with Gasteiger partial charge in [0.05, 0.1) is 13.2 Å². The van der Waals surface area contributed by atoms with E-state index < -0.39 is 0 Å². The van der Waals surface area contributed by atoms with Crippen molar-refractivity contribution < 1.29 is 19.7 Å². The van der Waals surface area contributed by atoms with E-state index in [4.69, 9.17) is 9.47 Å². The van der Waals surface area contributed by atoms with E-state index in [9.17, 15) is 10.2 Å². The van der Waals surface area contributed by atoms with Gasteiger partial charge in [-0.3, -0.25) is 0 Å². The number of unbranched alkanes of at least 4 members (excludes halogenated alkanes) is 3. The fourth-order valence-corrected chi connectivity index (χ4v) is 2.08. The van der Waals surface area contributed by atoms with Gasteiger partial charge in [0.15, 0.2) is 0 Å². The van der Waals surface area contributed by atoms with E-state index in [1.807, 2.05) is 12.1 Å². The van der Waals surface area contributed by atoms with Crippen molar-refractivity contribution in [3.8, 4) is 23.0 Å². The summed E-state index contributed by atoms with van der Waals surface area (Å²) >= 11 is 0. The third-order valence-electron chi connectivity index (χ3n) is 3.21. The zero-order valence-electron chi connectivity index (χ0n) is 12.6. The molecule has 0 aliphatic heterocycles. The van der Waals surface area contributed by atoms with Crippen LogP contribution in [0.25, 0.3) is 0 Å². The first kappa shape index (κ1) is 16.0. The minimum absolute atomic E-state index is 0.224. The summed E-state index contributed by atoms with van der Waals surface area (Å²) in [6.45, 7) is 1.30. The summed E-state index contributed by atoms with van der Waals surface area (Å²) in [7, 11) is 0. The van der Waals surface area contributed by atoms with Gasteiger partial charge < -0.3 is 19.7 Å². The molecule has 2 aromatic rings. The molecule has 0 fully saturated rings. The fraction of sp³-hybridized carbons (Fsp3) is 0.333. The van der Waals surface area contributed by atoms with Crippen LogP contribution in [0.5, 0.6) is 23.0 Å². The highest BCUT2D eigenvalue weighted by Crippen LogP contribution is 2.19. The zero-order chi connectivity index (χ0) is 15.6. The van der Waals surface area contributed by atoms with E-state index in [0.717, 1.165) is 25.7 Å². The number of phenolic OH excluding ortho intramolecular Hbond substituents is 2. The zero-order valence-corrected chi connectivity index (χ0v) is 12.6. The van der Waals surface area contributed by atoms with Crippen LogP contribution in [0, 0.1) is 0 Å². The van der Waals surface area contributed by atoms with E-state index in [1.165, 1.54) is 0 Å². The summed E-state index contributed by atoms with van der Waals surface area (Å²) in [5.41, 5.74) is 0. The average Bonchev–Trinajstić information content (AvgIpc) is 2.50. The van der Waals surface area contributed by atoms with E-state index in [1.54, 1.807) is 36.4 Å². The molecule has 4 nitrogen and oxygen atoms in total. The minimum Gasteiger partial charge on any atom is -0.508 e. The van der Waals surface area contributed by atoms with E-state index in [0.29, 0.717) is 24.7 Å². The van der Waals surface area contributed by atoms with Crippen molar-refractivity contribution in [3.05, 3.63) is 48.5 Å². The Morgan fingerprint density at radius 1 is 0.636 bits per heavy atom. The predicted octanol–water partition coefficient (Wildman–Crippen LogP) is 4.12. The third kappa shape index (κ3) is 5.95. The van der Waals surface area contributed by atoms with Crippen LogP contribution in [0.2, 0.25) is 0 Å². The molecule has 0 aliphatic rings. The van der Waals surface area contributed by atoms with Crippen molar-refractivity contribution in [2.24, 2.45) is 0 Å². The summed E-state index contributed by atoms with van der Waals surface area (Å²) in [5, 5.41) is 18.6. The van der Waals surface area contributed by atoms with Gasteiger partial charge in [-0.25, -0.2) is 0 Å².